The lowest BCUT2D eigenvalue weighted by molar-refractivity contribution is 0.0993. The molecular formula is C18H19N9O. The summed E-state index contributed by atoms with van der Waals surface area (Å²) < 4.78 is 5.45. The van der Waals surface area contributed by atoms with E-state index in [1.807, 2.05) is 29.1 Å². The second-order valence-electron chi connectivity index (χ2n) is 6.98. The summed E-state index contributed by atoms with van der Waals surface area (Å²) >= 11 is 0. The van der Waals surface area contributed by atoms with Crippen LogP contribution in [0.15, 0.2) is 30.6 Å². The molecule has 4 aromatic rings. The molecule has 0 saturated heterocycles. The smallest absolute Gasteiger partial charge is 0.269 e. The Bertz CT molecular complexity index is 1210. The van der Waals surface area contributed by atoms with Crippen LogP contribution in [0.2, 0.25) is 0 Å². The number of hydrogen-bond donors (Lipinski definition) is 2. The summed E-state index contributed by atoms with van der Waals surface area (Å²) in [7, 11) is 0. The van der Waals surface area contributed by atoms with Gasteiger partial charge in [-0.3, -0.25) is 9.48 Å². The fourth-order valence-corrected chi connectivity index (χ4v) is 3.44. The maximum atomic E-state index is 11.7. The van der Waals surface area contributed by atoms with Crippen molar-refractivity contribution in [3.63, 3.8) is 0 Å². The minimum absolute atomic E-state index is 0.238. The number of hydrogen-bond acceptors (Lipinski definition) is 6. The molecule has 5 heterocycles. The minimum atomic E-state index is -0.576. The summed E-state index contributed by atoms with van der Waals surface area (Å²) in [6.07, 6.45) is 3.38. The molecule has 0 bridgehead atoms. The van der Waals surface area contributed by atoms with Crippen molar-refractivity contribution < 1.29 is 4.79 Å². The van der Waals surface area contributed by atoms with Gasteiger partial charge in [-0.2, -0.15) is 10.2 Å². The molecule has 0 spiro atoms. The van der Waals surface area contributed by atoms with E-state index >= 15 is 0 Å². The van der Waals surface area contributed by atoms with Gasteiger partial charge in [0.15, 0.2) is 5.65 Å². The summed E-state index contributed by atoms with van der Waals surface area (Å²) in [5, 5.41) is 12.6. The minimum Gasteiger partial charge on any atom is -0.364 e. The molecule has 142 valence electrons. The molecular weight excluding hydrogens is 358 g/mol. The Labute approximate surface area is 160 Å². The lowest BCUT2D eigenvalue weighted by Crippen LogP contribution is -2.15. The molecule has 10 nitrogen and oxygen atoms in total. The first-order chi connectivity index (χ1) is 13.5. The lowest BCUT2D eigenvalue weighted by atomic mass is 10.2. The van der Waals surface area contributed by atoms with Crippen LogP contribution in [0.1, 0.15) is 30.4 Å². The van der Waals surface area contributed by atoms with E-state index in [0.717, 1.165) is 36.1 Å². The molecule has 1 amide bonds. The quantitative estimate of drug-likeness (QED) is 0.557. The maximum Gasteiger partial charge on any atom is 0.269 e. The van der Waals surface area contributed by atoms with Crippen molar-refractivity contribution >= 4 is 17.5 Å². The molecule has 0 unspecified atom stereocenters. The third kappa shape index (κ3) is 2.38. The van der Waals surface area contributed by atoms with Gasteiger partial charge in [-0.15, -0.1) is 0 Å². The van der Waals surface area contributed by atoms with Gasteiger partial charge in [0.25, 0.3) is 5.91 Å². The average Bonchev–Trinajstić information content (AvgIpc) is 3.41. The van der Waals surface area contributed by atoms with Crippen LogP contribution in [-0.2, 0) is 6.54 Å². The van der Waals surface area contributed by atoms with E-state index in [4.69, 9.17) is 10.7 Å². The van der Waals surface area contributed by atoms with Gasteiger partial charge >= 0.3 is 0 Å². The molecule has 3 N–H and O–H groups in total. The van der Waals surface area contributed by atoms with Crippen LogP contribution in [0.4, 0.5) is 5.95 Å². The van der Waals surface area contributed by atoms with E-state index in [1.54, 1.807) is 0 Å². The van der Waals surface area contributed by atoms with E-state index in [1.165, 1.54) is 10.7 Å². The zero-order valence-electron chi connectivity index (χ0n) is 15.5. The first-order valence-electron chi connectivity index (χ1n) is 9.08. The van der Waals surface area contributed by atoms with Gasteiger partial charge in [-0.25, -0.2) is 14.5 Å². The number of nitrogens with one attached hydrogen (secondary N) is 1. The van der Waals surface area contributed by atoms with Crippen LogP contribution >= 0.6 is 0 Å². The Morgan fingerprint density at radius 1 is 1.21 bits per heavy atom. The summed E-state index contributed by atoms with van der Waals surface area (Å²) in [5.41, 5.74) is 9.29. The molecule has 1 aliphatic heterocycles. The average molecular weight is 377 g/mol. The molecule has 4 aromatic heterocycles. The fraction of sp³-hybridized carbons (Fsp3) is 0.278. The third-order valence-electron chi connectivity index (χ3n) is 4.82. The number of carbonyl (C=O) groups excluding carboxylic acids is 1. The number of anilines is 1. The van der Waals surface area contributed by atoms with E-state index in [2.05, 4.69) is 38.9 Å². The lowest BCUT2D eigenvalue weighted by Gasteiger charge is -2.07. The number of primary amides is 1. The van der Waals surface area contributed by atoms with E-state index < -0.39 is 5.91 Å². The Morgan fingerprint density at radius 2 is 2.07 bits per heavy atom. The number of imidazole rings is 2. The second-order valence-corrected chi connectivity index (χ2v) is 6.98. The highest BCUT2D eigenvalue weighted by Gasteiger charge is 2.26. The predicted octanol–water partition coefficient (Wildman–Crippen LogP) is 1.56. The molecule has 0 aromatic carbocycles. The van der Waals surface area contributed by atoms with Crippen LogP contribution < -0.4 is 11.1 Å². The number of nitrogens with zero attached hydrogens (tertiary/aromatic N) is 7. The third-order valence-corrected chi connectivity index (χ3v) is 4.82. The molecule has 0 atom stereocenters. The SMILES string of the molecule is CC(C)n1ccc(-c2nc3n(c2-c2ccc4ncc(C(N)=O)n4n2)CCN3)n1. The van der Waals surface area contributed by atoms with Crippen LogP contribution in [0, 0.1) is 0 Å². The van der Waals surface area contributed by atoms with E-state index in [0.29, 0.717) is 11.3 Å². The van der Waals surface area contributed by atoms with Crippen LogP contribution in [0.5, 0.6) is 0 Å². The standard InChI is InChI=1S/C18H19N9O/c1-10(2)26-7-5-11(23-26)15-16(25-8-6-20-18(25)22-15)12-3-4-14-21-9-13(17(19)28)27(14)24-12/h3-5,7,9-10H,6,8H2,1-2H3,(H2,19,28)(H,20,22). The number of aromatic nitrogens is 7. The largest absolute Gasteiger partial charge is 0.364 e. The van der Waals surface area contributed by atoms with Gasteiger partial charge in [-0.1, -0.05) is 0 Å². The molecule has 1 aliphatic rings. The van der Waals surface area contributed by atoms with E-state index in [-0.39, 0.29) is 11.7 Å². The van der Waals surface area contributed by atoms with E-state index in [9.17, 15) is 4.79 Å². The van der Waals surface area contributed by atoms with Crippen molar-refractivity contribution in [3.05, 3.63) is 36.3 Å². The normalized spacial score (nSPS) is 13.2. The van der Waals surface area contributed by atoms with Gasteiger partial charge in [0.05, 0.1) is 11.9 Å². The van der Waals surface area contributed by atoms with Crippen molar-refractivity contribution in [1.29, 1.82) is 0 Å². The molecule has 10 heteroatoms. The highest BCUT2D eigenvalue weighted by Crippen LogP contribution is 2.34. The molecule has 0 fully saturated rings. The number of rotatable bonds is 4. The van der Waals surface area contributed by atoms with Gasteiger partial charge in [0.2, 0.25) is 5.95 Å². The highest BCUT2D eigenvalue weighted by molar-refractivity contribution is 5.91. The number of carbonyl (C=O) groups is 1. The molecule has 0 aliphatic carbocycles. The highest BCUT2D eigenvalue weighted by atomic mass is 16.1. The summed E-state index contributed by atoms with van der Waals surface area (Å²) in [5.74, 6) is 0.208. The van der Waals surface area contributed by atoms with Gasteiger partial charge in [-0.05, 0) is 32.0 Å². The van der Waals surface area contributed by atoms with Crippen LogP contribution in [0.25, 0.3) is 28.4 Å². The van der Waals surface area contributed by atoms with Crippen molar-refractivity contribution in [2.24, 2.45) is 5.73 Å². The number of fused-ring (bicyclic) bond motifs is 2. The number of nitrogens with two attached hydrogens (primary N) is 1. The fourth-order valence-electron chi connectivity index (χ4n) is 3.44. The van der Waals surface area contributed by atoms with Crippen LogP contribution in [0.3, 0.4) is 0 Å². The Balaban J connectivity index is 1.72. The van der Waals surface area contributed by atoms with Gasteiger partial charge in [0, 0.05) is 25.3 Å². The van der Waals surface area contributed by atoms with Crippen LogP contribution in [-0.4, -0.2) is 46.4 Å². The van der Waals surface area contributed by atoms with Crippen molar-refractivity contribution in [1.82, 2.24) is 33.9 Å². The Kier molecular flexibility index (Phi) is 3.48. The number of amides is 1. The monoisotopic (exact) mass is 377 g/mol. The Hall–Kier alpha value is -3.69. The predicted molar refractivity (Wildman–Crippen MR) is 103 cm³/mol. The zero-order valence-corrected chi connectivity index (χ0v) is 15.5. The summed E-state index contributed by atoms with van der Waals surface area (Å²) in [6.45, 7) is 5.73. The summed E-state index contributed by atoms with van der Waals surface area (Å²) in [6, 6.07) is 5.89. The van der Waals surface area contributed by atoms with Crippen molar-refractivity contribution in [3.8, 4) is 22.8 Å². The van der Waals surface area contributed by atoms with Gasteiger partial charge < -0.3 is 15.6 Å². The topological polar surface area (TPSA) is 121 Å². The molecule has 28 heavy (non-hydrogen) atoms. The first kappa shape index (κ1) is 16.5. The zero-order chi connectivity index (χ0) is 19.4. The summed E-state index contributed by atoms with van der Waals surface area (Å²) in [4.78, 5) is 20.6. The molecule has 0 saturated carbocycles. The Morgan fingerprint density at radius 3 is 2.82 bits per heavy atom. The maximum absolute atomic E-state index is 11.7. The van der Waals surface area contributed by atoms with Crippen molar-refractivity contribution in [2.45, 2.75) is 26.4 Å². The molecule has 0 radical (unpaired) electrons. The van der Waals surface area contributed by atoms with Gasteiger partial charge in [0.1, 0.15) is 22.8 Å². The first-order valence-corrected chi connectivity index (χ1v) is 9.08. The molecule has 5 rings (SSSR count). The second kappa shape index (κ2) is 5.91. The van der Waals surface area contributed by atoms with Crippen molar-refractivity contribution in [2.75, 3.05) is 11.9 Å².